The lowest BCUT2D eigenvalue weighted by Crippen LogP contribution is -2.33. The van der Waals surface area contributed by atoms with E-state index in [1.165, 1.54) is 0 Å². The lowest BCUT2D eigenvalue weighted by Gasteiger charge is -2.17. The minimum absolute atomic E-state index is 0.113. The highest BCUT2D eigenvalue weighted by Crippen LogP contribution is 2.24. The molecule has 0 aromatic heterocycles. The molecule has 1 aliphatic carbocycles. The molecule has 2 N–H and O–H groups in total. The summed E-state index contributed by atoms with van der Waals surface area (Å²) in [5.41, 5.74) is 0. The molecular formula is C12H23NO3. The van der Waals surface area contributed by atoms with Crippen LogP contribution >= 0.6 is 0 Å². The molecule has 4 nitrogen and oxygen atoms in total. The van der Waals surface area contributed by atoms with Crippen LogP contribution in [-0.2, 0) is 9.53 Å². The van der Waals surface area contributed by atoms with Gasteiger partial charge in [0.05, 0.1) is 18.6 Å². The number of esters is 1. The van der Waals surface area contributed by atoms with Crippen LogP contribution in [0.15, 0.2) is 0 Å². The smallest absolute Gasteiger partial charge is 0.309 e. The fraction of sp³-hybridized carbons (Fsp3) is 0.917. The molecule has 1 fully saturated rings. The van der Waals surface area contributed by atoms with E-state index in [-0.39, 0.29) is 18.0 Å². The molecule has 0 radical (unpaired) electrons. The predicted octanol–water partition coefficient (Wildman–Crippen LogP) is 0.936. The third-order valence-electron chi connectivity index (χ3n) is 3.16. The Morgan fingerprint density at radius 2 is 2.31 bits per heavy atom. The Balaban J connectivity index is 2.12. The van der Waals surface area contributed by atoms with E-state index in [1.54, 1.807) is 0 Å². The fourth-order valence-corrected chi connectivity index (χ4v) is 2.11. The van der Waals surface area contributed by atoms with E-state index in [1.807, 2.05) is 13.8 Å². The standard InChI is InChI=1S/C12H23NO3/c1-3-16-12(15)9(2)7-13-8-10-5-4-6-11(10)14/h9-11,13-14H,3-8H2,1-2H3. The molecule has 1 saturated carbocycles. The van der Waals surface area contributed by atoms with Crippen molar-refractivity contribution in [2.45, 2.75) is 39.2 Å². The first kappa shape index (κ1) is 13.5. The molecule has 3 unspecified atom stereocenters. The highest BCUT2D eigenvalue weighted by molar-refractivity contribution is 5.72. The zero-order valence-corrected chi connectivity index (χ0v) is 10.2. The van der Waals surface area contributed by atoms with E-state index in [0.717, 1.165) is 25.8 Å². The van der Waals surface area contributed by atoms with E-state index in [0.29, 0.717) is 19.1 Å². The summed E-state index contributed by atoms with van der Waals surface area (Å²) in [5, 5.41) is 12.9. The molecule has 3 atom stereocenters. The molecule has 0 aromatic carbocycles. The zero-order chi connectivity index (χ0) is 12.0. The number of hydrogen-bond donors (Lipinski definition) is 2. The Hall–Kier alpha value is -0.610. The topological polar surface area (TPSA) is 58.6 Å². The van der Waals surface area contributed by atoms with Crippen molar-refractivity contribution in [1.29, 1.82) is 0 Å². The van der Waals surface area contributed by atoms with E-state index >= 15 is 0 Å². The van der Waals surface area contributed by atoms with Gasteiger partial charge in [0.2, 0.25) is 0 Å². The molecule has 94 valence electrons. The van der Waals surface area contributed by atoms with Crippen molar-refractivity contribution >= 4 is 5.97 Å². The zero-order valence-electron chi connectivity index (χ0n) is 10.2. The molecule has 16 heavy (non-hydrogen) atoms. The summed E-state index contributed by atoms with van der Waals surface area (Å²) in [5.74, 6) is 0.0925. The summed E-state index contributed by atoms with van der Waals surface area (Å²) >= 11 is 0. The molecule has 1 rings (SSSR count). The monoisotopic (exact) mass is 229 g/mol. The van der Waals surface area contributed by atoms with Crippen LogP contribution in [0.5, 0.6) is 0 Å². The summed E-state index contributed by atoms with van der Waals surface area (Å²) in [6.45, 7) is 5.53. The second-order valence-corrected chi connectivity index (χ2v) is 4.57. The fourth-order valence-electron chi connectivity index (χ4n) is 2.11. The molecule has 0 saturated heterocycles. The van der Waals surface area contributed by atoms with Crippen LogP contribution in [0.4, 0.5) is 0 Å². The summed E-state index contributed by atoms with van der Waals surface area (Å²) < 4.78 is 4.92. The summed E-state index contributed by atoms with van der Waals surface area (Å²) in [7, 11) is 0. The molecule has 0 aromatic rings. The first-order chi connectivity index (χ1) is 7.65. The number of carbonyl (C=O) groups excluding carboxylic acids is 1. The summed E-state index contributed by atoms with van der Waals surface area (Å²) in [6, 6.07) is 0. The van der Waals surface area contributed by atoms with Gasteiger partial charge in [-0.25, -0.2) is 0 Å². The maximum atomic E-state index is 11.3. The number of aliphatic hydroxyl groups is 1. The van der Waals surface area contributed by atoms with E-state index in [2.05, 4.69) is 5.32 Å². The van der Waals surface area contributed by atoms with Crippen molar-refractivity contribution in [3.63, 3.8) is 0 Å². The van der Waals surface area contributed by atoms with Gasteiger partial charge in [-0.15, -0.1) is 0 Å². The largest absolute Gasteiger partial charge is 0.466 e. The normalized spacial score (nSPS) is 26.7. The van der Waals surface area contributed by atoms with Gasteiger partial charge in [-0.3, -0.25) is 4.79 Å². The van der Waals surface area contributed by atoms with E-state index in [4.69, 9.17) is 4.74 Å². The number of carbonyl (C=O) groups is 1. The van der Waals surface area contributed by atoms with Crippen LogP contribution in [0.3, 0.4) is 0 Å². The number of ether oxygens (including phenoxy) is 1. The maximum Gasteiger partial charge on any atom is 0.309 e. The first-order valence-electron chi connectivity index (χ1n) is 6.20. The van der Waals surface area contributed by atoms with Crippen LogP contribution in [0.25, 0.3) is 0 Å². The molecule has 0 aliphatic heterocycles. The summed E-state index contributed by atoms with van der Waals surface area (Å²) in [6.07, 6.45) is 2.95. The van der Waals surface area contributed by atoms with Crippen LogP contribution in [0.1, 0.15) is 33.1 Å². The second kappa shape index (κ2) is 6.86. The molecule has 0 spiro atoms. The molecule has 1 aliphatic rings. The van der Waals surface area contributed by atoms with Gasteiger partial charge < -0.3 is 15.2 Å². The Bertz CT molecular complexity index is 220. The molecule has 0 bridgehead atoms. The van der Waals surface area contributed by atoms with Crippen LogP contribution in [-0.4, -0.2) is 36.9 Å². The Morgan fingerprint density at radius 3 is 2.88 bits per heavy atom. The second-order valence-electron chi connectivity index (χ2n) is 4.57. The number of rotatable bonds is 6. The van der Waals surface area contributed by atoms with Crippen molar-refractivity contribution in [3.8, 4) is 0 Å². The number of hydrogen-bond acceptors (Lipinski definition) is 4. The van der Waals surface area contributed by atoms with Gasteiger partial charge in [-0.05, 0) is 25.7 Å². The van der Waals surface area contributed by atoms with Crippen molar-refractivity contribution in [3.05, 3.63) is 0 Å². The lowest BCUT2D eigenvalue weighted by atomic mass is 10.1. The van der Waals surface area contributed by atoms with Crippen LogP contribution in [0, 0.1) is 11.8 Å². The van der Waals surface area contributed by atoms with Crippen molar-refractivity contribution in [2.24, 2.45) is 11.8 Å². The average molecular weight is 229 g/mol. The molecular weight excluding hydrogens is 206 g/mol. The Kier molecular flexibility index (Phi) is 5.77. The third-order valence-corrected chi connectivity index (χ3v) is 3.16. The Morgan fingerprint density at radius 1 is 1.56 bits per heavy atom. The quantitative estimate of drug-likeness (QED) is 0.665. The molecule has 4 heteroatoms. The highest BCUT2D eigenvalue weighted by Gasteiger charge is 2.25. The number of nitrogens with one attached hydrogen (secondary N) is 1. The minimum atomic E-state index is -0.162. The SMILES string of the molecule is CCOC(=O)C(C)CNCC1CCCC1O. The van der Waals surface area contributed by atoms with Gasteiger partial charge in [-0.2, -0.15) is 0 Å². The predicted molar refractivity (Wildman–Crippen MR) is 62.0 cm³/mol. The average Bonchev–Trinajstić information content (AvgIpc) is 2.65. The van der Waals surface area contributed by atoms with Crippen LogP contribution < -0.4 is 5.32 Å². The lowest BCUT2D eigenvalue weighted by molar-refractivity contribution is -0.147. The summed E-state index contributed by atoms with van der Waals surface area (Å²) in [4.78, 5) is 11.3. The van der Waals surface area contributed by atoms with Crippen molar-refractivity contribution < 1.29 is 14.6 Å². The van der Waals surface area contributed by atoms with Gasteiger partial charge in [0.25, 0.3) is 0 Å². The van der Waals surface area contributed by atoms with Gasteiger partial charge >= 0.3 is 5.97 Å². The number of aliphatic hydroxyl groups excluding tert-OH is 1. The van der Waals surface area contributed by atoms with Gasteiger partial charge in [0.15, 0.2) is 0 Å². The third kappa shape index (κ3) is 4.10. The van der Waals surface area contributed by atoms with E-state index < -0.39 is 0 Å². The first-order valence-corrected chi connectivity index (χ1v) is 6.20. The van der Waals surface area contributed by atoms with Crippen molar-refractivity contribution in [2.75, 3.05) is 19.7 Å². The minimum Gasteiger partial charge on any atom is -0.466 e. The highest BCUT2D eigenvalue weighted by atomic mass is 16.5. The molecule has 0 amide bonds. The van der Waals surface area contributed by atoms with Gasteiger partial charge in [-0.1, -0.05) is 13.3 Å². The van der Waals surface area contributed by atoms with Crippen molar-refractivity contribution in [1.82, 2.24) is 5.32 Å². The Labute approximate surface area is 97.4 Å². The van der Waals surface area contributed by atoms with Gasteiger partial charge in [0.1, 0.15) is 0 Å². The van der Waals surface area contributed by atoms with E-state index in [9.17, 15) is 9.90 Å². The van der Waals surface area contributed by atoms with Crippen LogP contribution in [0.2, 0.25) is 0 Å². The molecule has 0 heterocycles. The van der Waals surface area contributed by atoms with Gasteiger partial charge in [0, 0.05) is 13.1 Å². The maximum absolute atomic E-state index is 11.3.